The summed E-state index contributed by atoms with van der Waals surface area (Å²) in [5.74, 6) is -0.213. The molecule has 50 heavy (non-hydrogen) atoms. The Balaban J connectivity index is 1.33. The van der Waals surface area contributed by atoms with Crippen LogP contribution in [-0.2, 0) is 0 Å². The maximum Gasteiger partial charge on any atom is 0.337 e. The highest BCUT2D eigenvalue weighted by Crippen LogP contribution is 2.44. The van der Waals surface area contributed by atoms with Crippen LogP contribution >= 0.6 is 0 Å². The first-order chi connectivity index (χ1) is 24.6. The number of carbonyl (C=O) groups is 1. The van der Waals surface area contributed by atoms with E-state index in [1.54, 1.807) is 12.4 Å². The van der Waals surface area contributed by atoms with Gasteiger partial charge in [0, 0.05) is 35.1 Å². The fraction of sp³-hybridized carbons (Fsp3) is 0.143. The highest BCUT2D eigenvalue weighted by molar-refractivity contribution is 6.12. The van der Waals surface area contributed by atoms with Gasteiger partial charge >= 0.3 is 5.97 Å². The lowest BCUT2D eigenvalue weighted by molar-refractivity contribution is 0.0698. The van der Waals surface area contributed by atoms with Gasteiger partial charge in [-0.15, -0.1) is 0 Å². The van der Waals surface area contributed by atoms with Gasteiger partial charge in [-0.3, -0.25) is 15.0 Å². The SMILES string of the molecule is O=C(O)c1c(-c2ccccc2)cc2c(nc(-c3ccc4nc(-c5ccccc5)cnc4c3)n2C2CCCCC2)c1-c1ccc2nccnc2c1. The van der Waals surface area contributed by atoms with Gasteiger partial charge in [0.2, 0.25) is 0 Å². The molecule has 1 aliphatic carbocycles. The molecule has 0 atom stereocenters. The molecule has 5 aromatic carbocycles. The average Bonchev–Trinajstić information content (AvgIpc) is 3.57. The van der Waals surface area contributed by atoms with Crippen molar-refractivity contribution in [3.8, 4) is 44.9 Å². The summed E-state index contributed by atoms with van der Waals surface area (Å²) in [6.07, 6.45) is 10.6. The second-order valence-corrected chi connectivity index (χ2v) is 12.9. The first kappa shape index (κ1) is 29.8. The minimum atomic E-state index is -1.01. The fourth-order valence-electron chi connectivity index (χ4n) is 7.51. The normalized spacial score (nSPS) is 13.7. The van der Waals surface area contributed by atoms with E-state index in [1.165, 1.54) is 6.42 Å². The van der Waals surface area contributed by atoms with Crippen LogP contribution in [0.1, 0.15) is 48.5 Å². The van der Waals surface area contributed by atoms with E-state index < -0.39 is 5.97 Å². The van der Waals surface area contributed by atoms with E-state index in [4.69, 9.17) is 15.0 Å². The van der Waals surface area contributed by atoms with E-state index in [0.29, 0.717) is 22.2 Å². The number of carboxylic acid groups (broad SMARTS) is 1. The molecule has 8 aromatic rings. The van der Waals surface area contributed by atoms with E-state index >= 15 is 0 Å². The molecule has 0 aliphatic heterocycles. The number of aromatic nitrogens is 6. The molecule has 0 radical (unpaired) electrons. The lowest BCUT2D eigenvalue weighted by Crippen LogP contribution is -2.14. The van der Waals surface area contributed by atoms with E-state index in [1.807, 2.05) is 97.2 Å². The van der Waals surface area contributed by atoms with Crippen molar-refractivity contribution in [2.45, 2.75) is 38.1 Å². The van der Waals surface area contributed by atoms with Crippen LogP contribution in [0.5, 0.6) is 0 Å². The van der Waals surface area contributed by atoms with Crippen LogP contribution < -0.4 is 0 Å². The van der Waals surface area contributed by atoms with Crippen molar-refractivity contribution in [3.63, 3.8) is 0 Å². The summed E-state index contributed by atoms with van der Waals surface area (Å²) in [5, 5.41) is 10.9. The standard InChI is InChI=1S/C42H32N6O2/c49-42(50)39-31(26-10-4-1-5-11-26)24-37-40(38(39)28-16-18-32-34(22-28)44-21-20-43-32)47-41(48(37)30-14-8-3-9-15-30)29-17-19-33-35(23-29)45-25-36(46-33)27-12-6-2-7-13-27/h1-2,4-7,10-13,16-25,30H,3,8-9,14-15H2,(H,49,50). The van der Waals surface area contributed by atoms with Gasteiger partial charge < -0.3 is 9.67 Å². The first-order valence-electron chi connectivity index (χ1n) is 17.0. The summed E-state index contributed by atoms with van der Waals surface area (Å²) in [7, 11) is 0. The third kappa shape index (κ3) is 5.17. The number of hydrogen-bond donors (Lipinski definition) is 1. The van der Waals surface area contributed by atoms with Crippen LogP contribution in [0.2, 0.25) is 0 Å². The van der Waals surface area contributed by atoms with Crippen LogP contribution in [0.15, 0.2) is 122 Å². The molecule has 0 amide bonds. The molecule has 0 bridgehead atoms. The fourth-order valence-corrected chi connectivity index (χ4v) is 7.51. The molecule has 8 heteroatoms. The Morgan fingerprint density at radius 1 is 0.640 bits per heavy atom. The quantitative estimate of drug-likeness (QED) is 0.191. The lowest BCUT2D eigenvalue weighted by atomic mass is 9.89. The minimum absolute atomic E-state index is 0.209. The van der Waals surface area contributed by atoms with Gasteiger partial charge in [0.05, 0.1) is 50.6 Å². The zero-order chi connectivity index (χ0) is 33.6. The second kappa shape index (κ2) is 12.3. The molecule has 9 rings (SSSR count). The lowest BCUT2D eigenvalue weighted by Gasteiger charge is -2.26. The molecule has 3 heterocycles. The Morgan fingerprint density at radius 3 is 2.06 bits per heavy atom. The number of nitrogens with zero attached hydrogens (tertiary/aromatic N) is 6. The molecule has 1 saturated carbocycles. The molecular formula is C42H32N6O2. The van der Waals surface area contributed by atoms with E-state index in [-0.39, 0.29) is 11.6 Å². The van der Waals surface area contributed by atoms with Gasteiger partial charge in [0.25, 0.3) is 0 Å². The summed E-state index contributed by atoms with van der Waals surface area (Å²) in [6.45, 7) is 0. The number of carboxylic acids is 1. The molecule has 1 N–H and O–H groups in total. The van der Waals surface area contributed by atoms with Crippen LogP contribution in [0.4, 0.5) is 0 Å². The number of aromatic carboxylic acids is 1. The van der Waals surface area contributed by atoms with Gasteiger partial charge in [-0.1, -0.05) is 86.0 Å². The van der Waals surface area contributed by atoms with Crippen LogP contribution in [0.3, 0.4) is 0 Å². The third-order valence-electron chi connectivity index (χ3n) is 9.85. The van der Waals surface area contributed by atoms with Gasteiger partial charge in [0.15, 0.2) is 0 Å². The molecule has 242 valence electrons. The predicted octanol–water partition coefficient (Wildman–Crippen LogP) is 9.79. The molecule has 8 nitrogen and oxygen atoms in total. The molecule has 0 saturated heterocycles. The van der Waals surface area contributed by atoms with Crippen molar-refractivity contribution in [2.24, 2.45) is 0 Å². The van der Waals surface area contributed by atoms with Crippen LogP contribution in [0.25, 0.3) is 78.0 Å². The summed E-state index contributed by atoms with van der Waals surface area (Å²) in [5.41, 5.74) is 10.3. The van der Waals surface area contributed by atoms with Crippen LogP contribution in [-0.4, -0.2) is 40.6 Å². The van der Waals surface area contributed by atoms with Gasteiger partial charge in [0.1, 0.15) is 5.82 Å². The summed E-state index contributed by atoms with van der Waals surface area (Å²) in [6, 6.07) is 34.0. The molecule has 1 fully saturated rings. The van der Waals surface area contributed by atoms with Crippen molar-refractivity contribution in [1.29, 1.82) is 0 Å². The molecule has 1 aliphatic rings. The smallest absolute Gasteiger partial charge is 0.337 e. The first-order valence-corrected chi connectivity index (χ1v) is 17.0. The third-order valence-corrected chi connectivity index (χ3v) is 9.85. The Morgan fingerprint density at radius 2 is 1.30 bits per heavy atom. The highest BCUT2D eigenvalue weighted by atomic mass is 16.4. The summed E-state index contributed by atoms with van der Waals surface area (Å²) >= 11 is 0. The maximum absolute atomic E-state index is 13.4. The highest BCUT2D eigenvalue weighted by Gasteiger charge is 2.29. The Bertz CT molecular complexity index is 2560. The zero-order valence-corrected chi connectivity index (χ0v) is 27.2. The van der Waals surface area contributed by atoms with Crippen molar-refractivity contribution in [3.05, 3.63) is 127 Å². The predicted molar refractivity (Wildman–Crippen MR) is 197 cm³/mol. The monoisotopic (exact) mass is 652 g/mol. The molecule has 0 spiro atoms. The van der Waals surface area contributed by atoms with Crippen molar-refractivity contribution < 1.29 is 9.90 Å². The van der Waals surface area contributed by atoms with Crippen molar-refractivity contribution >= 4 is 39.1 Å². The Kier molecular flexibility index (Phi) is 7.34. The van der Waals surface area contributed by atoms with Gasteiger partial charge in [-0.25, -0.2) is 14.8 Å². The van der Waals surface area contributed by atoms with E-state index in [0.717, 1.165) is 81.5 Å². The molecule has 0 unspecified atom stereocenters. The second-order valence-electron chi connectivity index (χ2n) is 12.9. The molecular weight excluding hydrogens is 621 g/mol. The van der Waals surface area contributed by atoms with E-state index in [2.05, 4.69) is 26.7 Å². The number of benzene rings is 5. The summed E-state index contributed by atoms with van der Waals surface area (Å²) < 4.78 is 2.36. The Labute approximate surface area is 288 Å². The van der Waals surface area contributed by atoms with Crippen LogP contribution in [0, 0.1) is 0 Å². The average molecular weight is 653 g/mol. The van der Waals surface area contributed by atoms with Crippen molar-refractivity contribution in [2.75, 3.05) is 0 Å². The molecule has 3 aromatic heterocycles. The van der Waals surface area contributed by atoms with Gasteiger partial charge in [-0.2, -0.15) is 0 Å². The topological polar surface area (TPSA) is 107 Å². The van der Waals surface area contributed by atoms with Gasteiger partial charge in [-0.05, 0) is 65.9 Å². The maximum atomic E-state index is 13.4. The minimum Gasteiger partial charge on any atom is -0.478 e. The van der Waals surface area contributed by atoms with Crippen molar-refractivity contribution in [1.82, 2.24) is 29.5 Å². The number of hydrogen-bond acceptors (Lipinski definition) is 6. The Hall–Kier alpha value is -6.28. The summed E-state index contributed by atoms with van der Waals surface area (Å²) in [4.78, 5) is 37.5. The number of imidazole rings is 1. The number of fused-ring (bicyclic) bond motifs is 3. The largest absolute Gasteiger partial charge is 0.478 e. The van der Waals surface area contributed by atoms with E-state index in [9.17, 15) is 9.90 Å². The zero-order valence-electron chi connectivity index (χ0n) is 27.2. The number of rotatable bonds is 6.